The summed E-state index contributed by atoms with van der Waals surface area (Å²) in [6, 6.07) is 16.1. The SMILES string of the molecule is CNC(Cc1ccc2c(c1)CCC2)Cc1ccccc1Br. The first-order chi connectivity index (χ1) is 10.3. The van der Waals surface area contributed by atoms with Gasteiger partial charge in [-0.05, 0) is 67.5 Å². The van der Waals surface area contributed by atoms with Crippen molar-refractivity contribution in [3.63, 3.8) is 0 Å². The third-order valence-electron chi connectivity index (χ3n) is 4.48. The highest BCUT2D eigenvalue weighted by Crippen LogP contribution is 2.24. The van der Waals surface area contributed by atoms with Crippen LogP contribution >= 0.6 is 15.9 Å². The molecule has 110 valence electrons. The van der Waals surface area contributed by atoms with E-state index in [0.717, 1.165) is 12.8 Å². The van der Waals surface area contributed by atoms with Crippen LogP contribution in [0.5, 0.6) is 0 Å². The molecule has 0 spiro atoms. The van der Waals surface area contributed by atoms with Gasteiger partial charge in [0.05, 0.1) is 0 Å². The van der Waals surface area contributed by atoms with Crippen LogP contribution in [0.15, 0.2) is 46.9 Å². The standard InChI is InChI=1S/C19H22BrN/c1-21-18(13-17-5-2-3-8-19(17)20)12-14-9-10-15-6-4-7-16(15)11-14/h2-3,5,8-11,18,21H,4,6-7,12-13H2,1H3. The maximum absolute atomic E-state index is 3.65. The monoisotopic (exact) mass is 343 g/mol. The van der Waals surface area contributed by atoms with Crippen molar-refractivity contribution in [1.82, 2.24) is 5.32 Å². The molecule has 1 nitrogen and oxygen atoms in total. The summed E-state index contributed by atoms with van der Waals surface area (Å²) >= 11 is 3.65. The Morgan fingerprint density at radius 2 is 1.86 bits per heavy atom. The van der Waals surface area contributed by atoms with E-state index in [-0.39, 0.29) is 0 Å². The summed E-state index contributed by atoms with van der Waals surface area (Å²) in [4.78, 5) is 0. The lowest BCUT2D eigenvalue weighted by atomic mass is 9.97. The van der Waals surface area contributed by atoms with Gasteiger partial charge in [-0.25, -0.2) is 0 Å². The van der Waals surface area contributed by atoms with E-state index >= 15 is 0 Å². The smallest absolute Gasteiger partial charge is 0.0207 e. The fourth-order valence-corrected chi connectivity index (χ4v) is 3.69. The van der Waals surface area contributed by atoms with Crippen molar-refractivity contribution < 1.29 is 0 Å². The molecule has 0 heterocycles. The second kappa shape index (κ2) is 6.76. The van der Waals surface area contributed by atoms with E-state index in [9.17, 15) is 0 Å². The largest absolute Gasteiger partial charge is 0.316 e. The minimum Gasteiger partial charge on any atom is -0.316 e. The number of aryl methyl sites for hydroxylation is 2. The van der Waals surface area contributed by atoms with Crippen molar-refractivity contribution in [2.24, 2.45) is 0 Å². The van der Waals surface area contributed by atoms with Crippen LogP contribution in [-0.2, 0) is 25.7 Å². The second-order valence-corrected chi connectivity index (χ2v) is 6.80. The molecule has 0 saturated heterocycles. The van der Waals surface area contributed by atoms with E-state index in [0.29, 0.717) is 6.04 Å². The van der Waals surface area contributed by atoms with Crippen molar-refractivity contribution in [2.75, 3.05) is 7.05 Å². The molecule has 2 aromatic carbocycles. The quantitative estimate of drug-likeness (QED) is 0.852. The van der Waals surface area contributed by atoms with Crippen LogP contribution in [0.4, 0.5) is 0 Å². The molecule has 0 aromatic heterocycles. The fraction of sp³-hybridized carbons (Fsp3) is 0.368. The van der Waals surface area contributed by atoms with Crippen molar-refractivity contribution in [3.05, 3.63) is 69.2 Å². The van der Waals surface area contributed by atoms with Gasteiger partial charge in [-0.2, -0.15) is 0 Å². The summed E-state index contributed by atoms with van der Waals surface area (Å²) in [6.45, 7) is 0. The van der Waals surface area contributed by atoms with Crippen LogP contribution in [-0.4, -0.2) is 13.1 Å². The predicted octanol–water partition coefficient (Wildman–Crippen LogP) is 4.31. The maximum atomic E-state index is 3.65. The van der Waals surface area contributed by atoms with Gasteiger partial charge in [0, 0.05) is 10.5 Å². The second-order valence-electron chi connectivity index (χ2n) is 5.94. The van der Waals surface area contributed by atoms with Crippen LogP contribution in [0, 0.1) is 0 Å². The molecular formula is C19H22BrN. The summed E-state index contributed by atoms with van der Waals surface area (Å²) in [6.07, 6.45) is 5.99. The van der Waals surface area contributed by atoms with Gasteiger partial charge in [-0.3, -0.25) is 0 Å². The highest BCUT2D eigenvalue weighted by atomic mass is 79.9. The third-order valence-corrected chi connectivity index (χ3v) is 5.25. The van der Waals surface area contributed by atoms with Crippen LogP contribution in [0.3, 0.4) is 0 Å². The van der Waals surface area contributed by atoms with Gasteiger partial charge in [0.2, 0.25) is 0 Å². The van der Waals surface area contributed by atoms with Gasteiger partial charge in [0.25, 0.3) is 0 Å². The Kier molecular flexibility index (Phi) is 4.77. The molecule has 1 aliphatic carbocycles. The first-order valence-electron chi connectivity index (χ1n) is 7.77. The van der Waals surface area contributed by atoms with E-state index in [1.165, 1.54) is 34.9 Å². The third kappa shape index (κ3) is 3.56. The lowest BCUT2D eigenvalue weighted by Crippen LogP contribution is -2.30. The molecule has 3 rings (SSSR count). The highest BCUT2D eigenvalue weighted by molar-refractivity contribution is 9.10. The van der Waals surface area contributed by atoms with Crippen molar-refractivity contribution in [1.29, 1.82) is 0 Å². The van der Waals surface area contributed by atoms with Gasteiger partial charge in [0.15, 0.2) is 0 Å². The molecule has 1 N–H and O–H groups in total. The minimum atomic E-state index is 0.475. The molecule has 1 aliphatic rings. The normalized spacial score (nSPS) is 15.0. The molecule has 0 saturated carbocycles. The Morgan fingerprint density at radius 1 is 1.05 bits per heavy atom. The Morgan fingerprint density at radius 3 is 2.67 bits per heavy atom. The predicted molar refractivity (Wildman–Crippen MR) is 92.9 cm³/mol. The van der Waals surface area contributed by atoms with Crippen LogP contribution in [0.1, 0.15) is 28.7 Å². The molecule has 0 fully saturated rings. The van der Waals surface area contributed by atoms with Crippen molar-refractivity contribution in [2.45, 2.75) is 38.1 Å². The van der Waals surface area contributed by atoms with E-state index in [4.69, 9.17) is 0 Å². The summed E-state index contributed by atoms with van der Waals surface area (Å²) < 4.78 is 1.21. The van der Waals surface area contributed by atoms with E-state index < -0.39 is 0 Å². The summed E-state index contributed by atoms with van der Waals surface area (Å²) in [7, 11) is 2.06. The Balaban J connectivity index is 1.71. The lowest BCUT2D eigenvalue weighted by molar-refractivity contribution is 0.555. The molecule has 21 heavy (non-hydrogen) atoms. The molecule has 1 atom stereocenters. The molecule has 0 radical (unpaired) electrons. The summed E-state index contributed by atoms with van der Waals surface area (Å²) in [5, 5.41) is 3.47. The molecule has 1 unspecified atom stereocenters. The summed E-state index contributed by atoms with van der Waals surface area (Å²) in [5.41, 5.74) is 5.97. The molecule has 2 aromatic rings. The minimum absolute atomic E-state index is 0.475. The molecule has 0 aliphatic heterocycles. The van der Waals surface area contributed by atoms with Gasteiger partial charge in [-0.15, -0.1) is 0 Å². The molecule has 2 heteroatoms. The van der Waals surface area contributed by atoms with Crippen LogP contribution < -0.4 is 5.32 Å². The molecule has 0 amide bonds. The highest BCUT2D eigenvalue weighted by Gasteiger charge is 2.14. The number of likely N-dealkylation sites (N-methyl/N-ethyl adjacent to an activating group) is 1. The van der Waals surface area contributed by atoms with Crippen molar-refractivity contribution >= 4 is 15.9 Å². The Hall–Kier alpha value is -1.12. The number of nitrogens with one attached hydrogen (secondary N) is 1. The zero-order chi connectivity index (χ0) is 14.7. The van der Waals surface area contributed by atoms with E-state index in [1.807, 2.05) is 0 Å². The lowest BCUT2D eigenvalue weighted by Gasteiger charge is -2.18. The topological polar surface area (TPSA) is 12.0 Å². The number of benzene rings is 2. The van der Waals surface area contributed by atoms with Crippen LogP contribution in [0.25, 0.3) is 0 Å². The number of hydrogen-bond acceptors (Lipinski definition) is 1. The van der Waals surface area contributed by atoms with Gasteiger partial charge in [0.1, 0.15) is 0 Å². The molecule has 0 bridgehead atoms. The zero-order valence-corrected chi connectivity index (χ0v) is 14.1. The maximum Gasteiger partial charge on any atom is 0.0207 e. The van der Waals surface area contributed by atoms with Gasteiger partial charge < -0.3 is 5.32 Å². The zero-order valence-electron chi connectivity index (χ0n) is 12.5. The number of hydrogen-bond donors (Lipinski definition) is 1. The van der Waals surface area contributed by atoms with Crippen LogP contribution in [0.2, 0.25) is 0 Å². The summed E-state index contributed by atoms with van der Waals surface area (Å²) in [5.74, 6) is 0. The van der Waals surface area contributed by atoms with Crippen molar-refractivity contribution in [3.8, 4) is 0 Å². The van der Waals surface area contributed by atoms with E-state index in [1.54, 1.807) is 11.1 Å². The number of rotatable bonds is 5. The Bertz CT molecular complexity index is 621. The van der Waals surface area contributed by atoms with E-state index in [2.05, 4.69) is 70.8 Å². The average molecular weight is 344 g/mol. The Labute approximate surface area is 135 Å². The van der Waals surface area contributed by atoms with Gasteiger partial charge in [-0.1, -0.05) is 52.3 Å². The average Bonchev–Trinajstić information content (AvgIpc) is 2.96. The molecular weight excluding hydrogens is 322 g/mol. The van der Waals surface area contributed by atoms with Gasteiger partial charge >= 0.3 is 0 Å². The first-order valence-corrected chi connectivity index (χ1v) is 8.57. The fourth-order valence-electron chi connectivity index (χ4n) is 3.24. The first kappa shape index (κ1) is 14.8. The number of fused-ring (bicyclic) bond motifs is 1. The number of halogens is 1.